The number of pyridine rings is 1. The summed E-state index contributed by atoms with van der Waals surface area (Å²) in [5.74, 6) is 0. The normalized spacial score (nSPS) is 10.6. The van der Waals surface area contributed by atoms with Gasteiger partial charge in [0.2, 0.25) is 0 Å². The molecule has 5 heteroatoms. The Hall–Kier alpha value is -2.04. The maximum absolute atomic E-state index is 11.1. The second-order valence-corrected chi connectivity index (χ2v) is 4.46. The molecule has 0 bridgehead atoms. The zero-order valence-electron chi connectivity index (χ0n) is 11.1. The second-order valence-electron chi connectivity index (χ2n) is 4.46. The number of rotatable bonds is 7. The van der Waals surface area contributed by atoms with Crippen molar-refractivity contribution in [2.75, 3.05) is 0 Å². The van der Waals surface area contributed by atoms with Crippen molar-refractivity contribution in [3.8, 4) is 11.3 Å². The quantitative estimate of drug-likeness (QED) is 0.566. The molecule has 0 atom stereocenters. The predicted octanol–water partition coefficient (Wildman–Crippen LogP) is 2.73. The van der Waals surface area contributed by atoms with Gasteiger partial charge in [-0.15, -0.1) is 5.10 Å². The van der Waals surface area contributed by atoms with Crippen LogP contribution in [0.4, 0.5) is 0 Å². The fourth-order valence-electron chi connectivity index (χ4n) is 2.06. The first-order chi connectivity index (χ1) is 9.36. The lowest BCUT2D eigenvalue weighted by molar-refractivity contribution is 0.111. The van der Waals surface area contributed by atoms with Crippen LogP contribution in [0.25, 0.3) is 11.3 Å². The summed E-state index contributed by atoms with van der Waals surface area (Å²) in [4.78, 5) is 15.0. The molecule has 0 saturated heterocycles. The summed E-state index contributed by atoms with van der Waals surface area (Å²) < 4.78 is 1.81. The molecule has 2 aromatic rings. The summed E-state index contributed by atoms with van der Waals surface area (Å²) in [7, 11) is 0. The van der Waals surface area contributed by atoms with Gasteiger partial charge in [0.1, 0.15) is 0 Å². The third-order valence-corrected chi connectivity index (χ3v) is 3.05. The molecule has 19 heavy (non-hydrogen) atoms. The molecule has 0 amide bonds. The van der Waals surface area contributed by atoms with Gasteiger partial charge in [-0.3, -0.25) is 9.78 Å². The Morgan fingerprint density at radius 3 is 2.68 bits per heavy atom. The Bertz CT molecular complexity index is 521. The maximum atomic E-state index is 11.1. The van der Waals surface area contributed by atoms with E-state index in [4.69, 9.17) is 0 Å². The molecule has 0 spiro atoms. The second kappa shape index (κ2) is 6.78. The number of hydrogen-bond acceptors (Lipinski definition) is 4. The number of aldehydes is 1. The first-order valence-corrected chi connectivity index (χ1v) is 6.66. The highest BCUT2D eigenvalue weighted by molar-refractivity contribution is 5.83. The van der Waals surface area contributed by atoms with Crippen molar-refractivity contribution in [1.82, 2.24) is 20.0 Å². The van der Waals surface area contributed by atoms with E-state index in [0.29, 0.717) is 5.69 Å². The average Bonchev–Trinajstić information content (AvgIpc) is 2.87. The van der Waals surface area contributed by atoms with Crippen molar-refractivity contribution >= 4 is 6.29 Å². The number of hydrogen-bond donors (Lipinski definition) is 0. The Morgan fingerprint density at radius 1 is 1.21 bits per heavy atom. The van der Waals surface area contributed by atoms with Crippen molar-refractivity contribution in [3.63, 3.8) is 0 Å². The average molecular weight is 258 g/mol. The number of carbonyl (C=O) groups is 1. The van der Waals surface area contributed by atoms with E-state index in [0.717, 1.165) is 30.5 Å². The molecule has 0 unspecified atom stereocenters. The summed E-state index contributed by atoms with van der Waals surface area (Å²) in [6, 6.07) is 3.74. The van der Waals surface area contributed by atoms with E-state index in [-0.39, 0.29) is 0 Å². The highest BCUT2D eigenvalue weighted by atomic mass is 16.1. The predicted molar refractivity (Wildman–Crippen MR) is 72.8 cm³/mol. The van der Waals surface area contributed by atoms with Crippen molar-refractivity contribution in [3.05, 3.63) is 30.2 Å². The molecule has 2 heterocycles. The molecule has 0 aliphatic carbocycles. The van der Waals surface area contributed by atoms with Crippen LogP contribution >= 0.6 is 0 Å². The minimum Gasteiger partial charge on any atom is -0.296 e. The van der Waals surface area contributed by atoms with Gasteiger partial charge in [0.25, 0.3) is 0 Å². The van der Waals surface area contributed by atoms with E-state index in [1.165, 1.54) is 19.3 Å². The fourth-order valence-corrected chi connectivity index (χ4v) is 2.06. The summed E-state index contributed by atoms with van der Waals surface area (Å²) >= 11 is 0. The Labute approximate surface area is 112 Å². The zero-order chi connectivity index (χ0) is 13.5. The maximum Gasteiger partial charge on any atom is 0.172 e. The molecule has 2 aromatic heterocycles. The Kier molecular flexibility index (Phi) is 4.78. The molecule has 0 N–H and O–H groups in total. The van der Waals surface area contributed by atoms with E-state index in [1.807, 2.05) is 16.8 Å². The number of unbranched alkanes of at least 4 members (excludes halogenated alkanes) is 3. The Balaban J connectivity index is 2.20. The van der Waals surface area contributed by atoms with Gasteiger partial charge in [-0.25, -0.2) is 4.68 Å². The van der Waals surface area contributed by atoms with Crippen LogP contribution in [0, 0.1) is 0 Å². The van der Waals surface area contributed by atoms with Gasteiger partial charge in [-0.05, 0) is 18.6 Å². The topological polar surface area (TPSA) is 60.7 Å². The van der Waals surface area contributed by atoms with E-state index in [9.17, 15) is 4.79 Å². The standard InChI is InChI=1S/C14H18N4O/c1-2-3-4-5-10-18-14(13(11-19)16-17-18)12-6-8-15-9-7-12/h6-9,11H,2-5,10H2,1H3. The van der Waals surface area contributed by atoms with Crippen LogP contribution in [0.2, 0.25) is 0 Å². The molecule has 0 saturated carbocycles. The monoisotopic (exact) mass is 258 g/mol. The van der Waals surface area contributed by atoms with Crippen LogP contribution in [0.15, 0.2) is 24.5 Å². The van der Waals surface area contributed by atoms with E-state index >= 15 is 0 Å². The van der Waals surface area contributed by atoms with Gasteiger partial charge in [-0.1, -0.05) is 31.4 Å². The largest absolute Gasteiger partial charge is 0.296 e. The van der Waals surface area contributed by atoms with Crippen LogP contribution in [0.5, 0.6) is 0 Å². The van der Waals surface area contributed by atoms with Gasteiger partial charge in [0.05, 0.1) is 5.69 Å². The van der Waals surface area contributed by atoms with Crippen LogP contribution < -0.4 is 0 Å². The minimum atomic E-state index is 0.390. The summed E-state index contributed by atoms with van der Waals surface area (Å²) in [5, 5.41) is 8.01. The van der Waals surface area contributed by atoms with Gasteiger partial charge < -0.3 is 0 Å². The lowest BCUT2D eigenvalue weighted by atomic mass is 10.1. The number of aryl methyl sites for hydroxylation is 1. The highest BCUT2D eigenvalue weighted by Crippen LogP contribution is 2.20. The summed E-state index contributed by atoms with van der Waals surface area (Å²) in [5.41, 5.74) is 2.10. The van der Waals surface area contributed by atoms with Gasteiger partial charge in [0.15, 0.2) is 12.0 Å². The fraction of sp³-hybridized carbons (Fsp3) is 0.429. The van der Waals surface area contributed by atoms with Crippen molar-refractivity contribution in [2.24, 2.45) is 0 Å². The molecular weight excluding hydrogens is 240 g/mol. The van der Waals surface area contributed by atoms with Crippen LogP contribution in [0.1, 0.15) is 43.1 Å². The molecule has 0 radical (unpaired) electrons. The van der Waals surface area contributed by atoms with Crippen molar-refractivity contribution < 1.29 is 4.79 Å². The summed E-state index contributed by atoms with van der Waals surface area (Å²) in [6.07, 6.45) is 8.81. The number of nitrogens with zero attached hydrogens (tertiary/aromatic N) is 4. The van der Waals surface area contributed by atoms with Gasteiger partial charge >= 0.3 is 0 Å². The van der Waals surface area contributed by atoms with E-state index in [1.54, 1.807) is 12.4 Å². The van der Waals surface area contributed by atoms with E-state index in [2.05, 4.69) is 22.2 Å². The van der Waals surface area contributed by atoms with Crippen molar-refractivity contribution in [2.45, 2.75) is 39.2 Å². The molecule has 2 rings (SSSR count). The van der Waals surface area contributed by atoms with Crippen LogP contribution in [-0.4, -0.2) is 26.3 Å². The molecule has 0 aliphatic rings. The molecule has 5 nitrogen and oxygen atoms in total. The van der Waals surface area contributed by atoms with Gasteiger partial charge in [-0.2, -0.15) is 0 Å². The minimum absolute atomic E-state index is 0.390. The molecule has 100 valence electrons. The Morgan fingerprint density at radius 2 is 2.00 bits per heavy atom. The third-order valence-electron chi connectivity index (χ3n) is 3.05. The molecule has 0 fully saturated rings. The number of carbonyl (C=O) groups excluding carboxylic acids is 1. The van der Waals surface area contributed by atoms with Crippen molar-refractivity contribution in [1.29, 1.82) is 0 Å². The first-order valence-electron chi connectivity index (χ1n) is 6.66. The van der Waals surface area contributed by atoms with Crippen LogP contribution in [0.3, 0.4) is 0 Å². The SMILES string of the molecule is CCCCCCn1nnc(C=O)c1-c1ccncc1. The smallest absolute Gasteiger partial charge is 0.172 e. The van der Waals surface area contributed by atoms with Gasteiger partial charge in [0, 0.05) is 24.5 Å². The van der Waals surface area contributed by atoms with Crippen LogP contribution in [-0.2, 0) is 6.54 Å². The zero-order valence-corrected chi connectivity index (χ0v) is 11.1. The molecular formula is C14H18N4O. The number of aromatic nitrogens is 4. The third kappa shape index (κ3) is 3.24. The lowest BCUT2D eigenvalue weighted by Gasteiger charge is -2.06. The highest BCUT2D eigenvalue weighted by Gasteiger charge is 2.13. The molecule has 0 aliphatic heterocycles. The summed E-state index contributed by atoms with van der Waals surface area (Å²) in [6.45, 7) is 2.97. The lowest BCUT2D eigenvalue weighted by Crippen LogP contribution is -2.03. The molecule has 0 aromatic carbocycles. The first kappa shape index (κ1) is 13.4. The van der Waals surface area contributed by atoms with E-state index < -0.39 is 0 Å².